The third-order valence-electron chi connectivity index (χ3n) is 6.43. The summed E-state index contributed by atoms with van der Waals surface area (Å²) >= 11 is 0. The molecule has 0 bridgehead atoms. The highest BCUT2D eigenvalue weighted by Crippen LogP contribution is 2.50. The number of para-hydroxylation sites is 1. The van der Waals surface area contributed by atoms with Crippen LogP contribution in [-0.2, 0) is 21.2 Å². The predicted octanol–water partition coefficient (Wildman–Crippen LogP) is 4.07. The highest BCUT2D eigenvalue weighted by molar-refractivity contribution is 7.92. The molecule has 2 aromatic carbocycles. The van der Waals surface area contributed by atoms with Crippen LogP contribution in [0.15, 0.2) is 59.6 Å². The number of hydrogen-bond donors (Lipinski definition) is 1. The third kappa shape index (κ3) is 3.42. The molecule has 2 aliphatic rings. The second kappa shape index (κ2) is 7.67. The SMILES string of the molecule is CNc1cccc2c(CN3C(=O)N(c4ccc(S(=O)(=O)C(F)(F)F)cc4)C(=O)C34CC4)ccnc12. The first-order chi connectivity index (χ1) is 16.5. The molecule has 2 fully saturated rings. The summed E-state index contributed by atoms with van der Waals surface area (Å²) in [5.41, 5.74) is -4.16. The van der Waals surface area contributed by atoms with Crippen LogP contribution in [0.4, 0.5) is 29.3 Å². The van der Waals surface area contributed by atoms with E-state index in [1.54, 1.807) is 19.3 Å². The molecule has 1 saturated heterocycles. The van der Waals surface area contributed by atoms with E-state index in [2.05, 4.69) is 10.3 Å². The monoisotopic (exact) mass is 504 g/mol. The average Bonchev–Trinajstić information content (AvgIpc) is 3.60. The Balaban J connectivity index is 1.48. The molecule has 182 valence electrons. The molecule has 0 radical (unpaired) electrons. The number of carbonyl (C=O) groups excluding carboxylic acids is 2. The van der Waals surface area contributed by atoms with Gasteiger partial charge in [0.25, 0.3) is 15.7 Å². The van der Waals surface area contributed by atoms with E-state index in [1.807, 2.05) is 18.2 Å². The number of imide groups is 1. The van der Waals surface area contributed by atoms with Gasteiger partial charge in [-0.05, 0) is 54.8 Å². The quantitative estimate of drug-likeness (QED) is 0.526. The van der Waals surface area contributed by atoms with Gasteiger partial charge in [-0.1, -0.05) is 12.1 Å². The van der Waals surface area contributed by atoms with Crippen molar-refractivity contribution in [3.05, 3.63) is 60.3 Å². The van der Waals surface area contributed by atoms with Crippen molar-refractivity contribution in [3.63, 3.8) is 0 Å². The minimum absolute atomic E-state index is 0.00644. The maximum atomic E-state index is 13.4. The summed E-state index contributed by atoms with van der Waals surface area (Å²) in [4.78, 5) is 32.4. The lowest BCUT2D eigenvalue weighted by molar-refractivity contribution is -0.120. The number of aromatic nitrogens is 1. The van der Waals surface area contributed by atoms with E-state index in [0.29, 0.717) is 18.4 Å². The van der Waals surface area contributed by atoms with E-state index >= 15 is 0 Å². The zero-order valence-electron chi connectivity index (χ0n) is 18.3. The van der Waals surface area contributed by atoms with Crippen LogP contribution in [0.3, 0.4) is 0 Å². The van der Waals surface area contributed by atoms with E-state index in [4.69, 9.17) is 0 Å². The topological polar surface area (TPSA) is 99.7 Å². The first-order valence-electron chi connectivity index (χ1n) is 10.6. The van der Waals surface area contributed by atoms with Gasteiger partial charge in [0, 0.05) is 25.2 Å². The standard InChI is InChI=1S/C23H19F3N4O4S/c1-27-18-4-2-3-17-14(9-12-28-19(17)18)13-29-21(32)30(20(31)22(29)10-11-22)15-5-7-16(8-6-15)35(33,34)23(24,25)26/h2-9,12,27H,10-11,13H2,1H3. The van der Waals surface area contributed by atoms with Crippen molar-refractivity contribution in [2.45, 2.75) is 35.3 Å². The number of hydrogen-bond acceptors (Lipinski definition) is 6. The number of carbonyl (C=O) groups is 2. The van der Waals surface area contributed by atoms with Gasteiger partial charge in [0.05, 0.1) is 21.8 Å². The van der Waals surface area contributed by atoms with Crippen molar-refractivity contribution in [2.75, 3.05) is 17.3 Å². The van der Waals surface area contributed by atoms with E-state index in [1.165, 1.54) is 4.90 Å². The van der Waals surface area contributed by atoms with Gasteiger partial charge in [0.1, 0.15) is 5.54 Å². The smallest absolute Gasteiger partial charge is 0.386 e. The molecular weight excluding hydrogens is 485 g/mol. The van der Waals surface area contributed by atoms with Crippen molar-refractivity contribution < 1.29 is 31.2 Å². The Kier molecular flexibility index (Phi) is 5.06. The van der Waals surface area contributed by atoms with Crippen molar-refractivity contribution in [3.8, 4) is 0 Å². The van der Waals surface area contributed by atoms with Crippen molar-refractivity contribution in [1.29, 1.82) is 0 Å². The molecule has 35 heavy (non-hydrogen) atoms. The van der Waals surface area contributed by atoms with Crippen molar-refractivity contribution in [1.82, 2.24) is 9.88 Å². The summed E-state index contributed by atoms with van der Waals surface area (Å²) in [6.45, 7) is 0.133. The molecule has 2 heterocycles. The number of alkyl halides is 3. The summed E-state index contributed by atoms with van der Waals surface area (Å²) in [6, 6.07) is 10.3. The molecule has 5 rings (SSSR count). The molecule has 1 aromatic heterocycles. The molecule has 1 N–H and O–H groups in total. The number of nitrogens with zero attached hydrogens (tertiary/aromatic N) is 3. The van der Waals surface area contributed by atoms with Gasteiger partial charge in [0.15, 0.2) is 0 Å². The molecule has 1 spiro atoms. The van der Waals surface area contributed by atoms with Crippen LogP contribution in [0.1, 0.15) is 18.4 Å². The van der Waals surface area contributed by atoms with Gasteiger partial charge in [-0.2, -0.15) is 13.2 Å². The first-order valence-corrected chi connectivity index (χ1v) is 12.1. The zero-order valence-corrected chi connectivity index (χ0v) is 19.2. The van der Waals surface area contributed by atoms with Gasteiger partial charge in [-0.15, -0.1) is 0 Å². The number of fused-ring (bicyclic) bond motifs is 1. The van der Waals surface area contributed by atoms with Gasteiger partial charge >= 0.3 is 11.5 Å². The Morgan fingerprint density at radius 2 is 1.74 bits per heavy atom. The van der Waals surface area contributed by atoms with E-state index in [-0.39, 0.29) is 12.2 Å². The Labute approximate surface area is 198 Å². The highest BCUT2D eigenvalue weighted by atomic mass is 32.2. The molecule has 1 saturated carbocycles. The van der Waals surface area contributed by atoms with Gasteiger partial charge in [0.2, 0.25) is 0 Å². The number of nitrogens with one attached hydrogen (secondary N) is 1. The zero-order chi connectivity index (χ0) is 25.2. The molecule has 3 amide bonds. The number of pyridine rings is 1. The number of urea groups is 1. The fourth-order valence-electron chi connectivity index (χ4n) is 4.41. The molecule has 8 nitrogen and oxygen atoms in total. The summed E-state index contributed by atoms with van der Waals surface area (Å²) in [5, 5.41) is 3.88. The number of halogens is 3. The van der Waals surface area contributed by atoms with Gasteiger partial charge < -0.3 is 10.2 Å². The summed E-state index contributed by atoms with van der Waals surface area (Å²) in [5.74, 6) is -0.483. The van der Waals surface area contributed by atoms with Crippen LogP contribution in [0.5, 0.6) is 0 Å². The fraction of sp³-hybridized carbons (Fsp3) is 0.261. The molecule has 0 unspecified atom stereocenters. The predicted molar refractivity (Wildman–Crippen MR) is 121 cm³/mol. The lowest BCUT2D eigenvalue weighted by atomic mass is 10.1. The average molecular weight is 504 g/mol. The van der Waals surface area contributed by atoms with E-state index in [0.717, 1.165) is 45.8 Å². The number of rotatable bonds is 5. The van der Waals surface area contributed by atoms with E-state index in [9.17, 15) is 31.2 Å². The van der Waals surface area contributed by atoms with Crippen molar-refractivity contribution >= 4 is 44.1 Å². The maximum absolute atomic E-state index is 13.4. The second-order valence-electron chi connectivity index (χ2n) is 8.41. The van der Waals surface area contributed by atoms with Crippen molar-refractivity contribution in [2.24, 2.45) is 0 Å². The number of sulfone groups is 1. The molecule has 12 heteroatoms. The molecule has 3 aromatic rings. The van der Waals surface area contributed by atoms with Crippen LogP contribution in [0.25, 0.3) is 10.9 Å². The van der Waals surface area contributed by atoms with Crippen LogP contribution in [-0.4, -0.2) is 48.3 Å². The summed E-state index contributed by atoms with van der Waals surface area (Å²) in [7, 11) is -3.77. The largest absolute Gasteiger partial charge is 0.501 e. The lowest BCUT2D eigenvalue weighted by Crippen LogP contribution is -2.36. The van der Waals surface area contributed by atoms with Crippen LogP contribution in [0, 0.1) is 0 Å². The normalized spacial score (nSPS) is 17.5. The fourth-order valence-corrected chi connectivity index (χ4v) is 5.18. The second-order valence-corrected chi connectivity index (χ2v) is 10.3. The Hall–Kier alpha value is -3.67. The van der Waals surface area contributed by atoms with Gasteiger partial charge in [-0.3, -0.25) is 9.78 Å². The van der Waals surface area contributed by atoms with Crippen LogP contribution < -0.4 is 10.2 Å². The number of benzene rings is 2. The highest BCUT2D eigenvalue weighted by Gasteiger charge is 2.65. The molecule has 1 aliphatic carbocycles. The Morgan fingerprint density at radius 3 is 2.34 bits per heavy atom. The Morgan fingerprint density at radius 1 is 1.06 bits per heavy atom. The maximum Gasteiger partial charge on any atom is 0.501 e. The minimum Gasteiger partial charge on any atom is -0.386 e. The molecular formula is C23H19F3N4O4S. The third-order valence-corrected chi connectivity index (χ3v) is 7.93. The van der Waals surface area contributed by atoms with Gasteiger partial charge in [-0.25, -0.2) is 18.1 Å². The summed E-state index contributed by atoms with van der Waals surface area (Å²) < 4.78 is 61.8. The minimum atomic E-state index is -5.54. The van der Waals surface area contributed by atoms with Crippen LogP contribution in [0.2, 0.25) is 0 Å². The lowest BCUT2D eigenvalue weighted by Gasteiger charge is -2.22. The number of amides is 3. The molecule has 1 aliphatic heterocycles. The molecule has 0 atom stereocenters. The van der Waals surface area contributed by atoms with Crippen LogP contribution >= 0.6 is 0 Å². The van der Waals surface area contributed by atoms with E-state index < -0.39 is 37.7 Å². The Bertz CT molecular complexity index is 1470. The number of anilines is 2. The summed E-state index contributed by atoms with van der Waals surface area (Å²) in [6.07, 6.45) is 2.54. The first kappa shape index (κ1) is 23.1.